The lowest BCUT2D eigenvalue weighted by Gasteiger charge is -2.32. The van der Waals surface area contributed by atoms with Gasteiger partial charge < -0.3 is 14.5 Å². The first-order chi connectivity index (χ1) is 10.2. The summed E-state index contributed by atoms with van der Waals surface area (Å²) in [4.78, 5) is 4.57. The molecule has 1 aromatic carbocycles. The normalized spacial score (nSPS) is 16.2. The van der Waals surface area contributed by atoms with Gasteiger partial charge in [0.05, 0.1) is 11.7 Å². The maximum absolute atomic E-state index is 5.85. The third kappa shape index (κ3) is 3.72. The van der Waals surface area contributed by atoms with Gasteiger partial charge in [0, 0.05) is 30.7 Å². The van der Waals surface area contributed by atoms with Crippen LogP contribution in [0, 0.1) is 0 Å². The summed E-state index contributed by atoms with van der Waals surface area (Å²) in [5.74, 6) is 1.53. The van der Waals surface area contributed by atoms with Crippen LogP contribution in [0.2, 0.25) is 0 Å². The van der Waals surface area contributed by atoms with E-state index in [1.54, 1.807) is 0 Å². The van der Waals surface area contributed by atoms with Gasteiger partial charge in [-0.15, -0.1) is 4.37 Å². The van der Waals surface area contributed by atoms with E-state index in [0.717, 1.165) is 42.0 Å². The van der Waals surface area contributed by atoms with Crippen LogP contribution < -0.4 is 9.64 Å². The van der Waals surface area contributed by atoms with E-state index in [0.29, 0.717) is 12.5 Å². The predicted octanol–water partition coefficient (Wildman–Crippen LogP) is 2.63. The molecule has 0 N–H and O–H groups in total. The second-order valence-electron chi connectivity index (χ2n) is 5.10. The van der Waals surface area contributed by atoms with Gasteiger partial charge in [0.25, 0.3) is 5.88 Å². The van der Waals surface area contributed by atoms with Crippen molar-refractivity contribution >= 4 is 33.5 Å². The molecule has 21 heavy (non-hydrogen) atoms. The highest BCUT2D eigenvalue weighted by molar-refractivity contribution is 9.10. The zero-order valence-electron chi connectivity index (χ0n) is 11.8. The van der Waals surface area contributed by atoms with Crippen molar-refractivity contribution in [1.82, 2.24) is 13.6 Å². The monoisotopic (exact) mass is 368 g/mol. The maximum Gasteiger partial charge on any atom is 0.271 e. The Hall–Kier alpha value is -1.18. The smallest absolute Gasteiger partial charge is 0.271 e. The SMILES string of the molecule is CN1CCN(c2nsnc2OCc2ccc(Br)cc2)CC1. The molecule has 112 valence electrons. The first-order valence-corrected chi connectivity index (χ1v) is 8.38. The average Bonchev–Trinajstić information content (AvgIpc) is 2.96. The van der Waals surface area contributed by atoms with Crippen molar-refractivity contribution in [2.75, 3.05) is 38.1 Å². The molecule has 2 aromatic rings. The van der Waals surface area contributed by atoms with E-state index in [1.165, 1.54) is 11.7 Å². The van der Waals surface area contributed by atoms with Crippen molar-refractivity contribution in [3.63, 3.8) is 0 Å². The number of benzene rings is 1. The number of hydrogen-bond acceptors (Lipinski definition) is 6. The van der Waals surface area contributed by atoms with E-state index < -0.39 is 0 Å². The van der Waals surface area contributed by atoms with Crippen molar-refractivity contribution in [3.05, 3.63) is 34.3 Å². The number of halogens is 1. The molecular weight excluding hydrogens is 352 g/mol. The zero-order chi connectivity index (χ0) is 14.7. The number of anilines is 1. The molecule has 0 spiro atoms. The lowest BCUT2D eigenvalue weighted by atomic mass is 10.2. The number of likely N-dealkylation sites (N-methyl/N-ethyl adjacent to an activating group) is 1. The number of ether oxygens (including phenoxy) is 1. The summed E-state index contributed by atoms with van der Waals surface area (Å²) < 4.78 is 15.6. The van der Waals surface area contributed by atoms with Gasteiger partial charge in [-0.2, -0.15) is 4.37 Å². The second kappa shape index (κ2) is 6.72. The Labute approximate surface area is 137 Å². The highest BCUT2D eigenvalue weighted by Gasteiger charge is 2.21. The van der Waals surface area contributed by atoms with Gasteiger partial charge in [-0.3, -0.25) is 0 Å². The van der Waals surface area contributed by atoms with Crippen LogP contribution >= 0.6 is 27.7 Å². The molecule has 5 nitrogen and oxygen atoms in total. The van der Waals surface area contributed by atoms with E-state index in [9.17, 15) is 0 Å². The van der Waals surface area contributed by atoms with E-state index in [2.05, 4.69) is 41.5 Å². The summed E-state index contributed by atoms with van der Waals surface area (Å²) in [6.07, 6.45) is 0. The summed E-state index contributed by atoms with van der Waals surface area (Å²) in [6.45, 7) is 4.54. The Bertz CT molecular complexity index is 581. The highest BCUT2D eigenvalue weighted by atomic mass is 79.9. The summed E-state index contributed by atoms with van der Waals surface area (Å²) in [5.41, 5.74) is 1.12. The number of piperazine rings is 1. The molecule has 7 heteroatoms. The van der Waals surface area contributed by atoms with E-state index >= 15 is 0 Å². The second-order valence-corrected chi connectivity index (χ2v) is 6.54. The van der Waals surface area contributed by atoms with Crippen LogP contribution in [0.25, 0.3) is 0 Å². The molecule has 1 fully saturated rings. The van der Waals surface area contributed by atoms with Crippen molar-refractivity contribution in [2.24, 2.45) is 0 Å². The molecule has 2 heterocycles. The molecule has 1 aromatic heterocycles. The molecule has 1 aliphatic heterocycles. The molecule has 1 aliphatic rings. The fraction of sp³-hybridized carbons (Fsp3) is 0.429. The molecule has 3 rings (SSSR count). The van der Waals surface area contributed by atoms with E-state index in [-0.39, 0.29) is 0 Å². The highest BCUT2D eigenvalue weighted by Crippen LogP contribution is 2.27. The average molecular weight is 369 g/mol. The van der Waals surface area contributed by atoms with Crippen molar-refractivity contribution in [2.45, 2.75) is 6.61 Å². The first kappa shape index (κ1) is 14.7. The molecule has 0 radical (unpaired) electrons. The van der Waals surface area contributed by atoms with Crippen LogP contribution in [0.15, 0.2) is 28.7 Å². The van der Waals surface area contributed by atoms with Crippen molar-refractivity contribution in [1.29, 1.82) is 0 Å². The minimum atomic E-state index is 0.513. The van der Waals surface area contributed by atoms with Crippen molar-refractivity contribution < 1.29 is 4.74 Å². The number of rotatable bonds is 4. The third-order valence-corrected chi connectivity index (χ3v) is 4.56. The van der Waals surface area contributed by atoms with Crippen LogP contribution in [0.3, 0.4) is 0 Å². The Kier molecular flexibility index (Phi) is 4.72. The van der Waals surface area contributed by atoms with Crippen LogP contribution in [0.1, 0.15) is 5.56 Å². The molecule has 0 bridgehead atoms. The fourth-order valence-corrected chi connectivity index (χ4v) is 3.00. The molecule has 0 atom stereocenters. The quantitative estimate of drug-likeness (QED) is 0.829. The lowest BCUT2D eigenvalue weighted by Crippen LogP contribution is -2.44. The van der Waals surface area contributed by atoms with Gasteiger partial charge in [-0.05, 0) is 24.7 Å². The van der Waals surface area contributed by atoms with Gasteiger partial charge >= 0.3 is 0 Å². The number of hydrogen-bond donors (Lipinski definition) is 0. The molecule has 0 saturated carbocycles. The molecule has 0 unspecified atom stereocenters. The summed E-state index contributed by atoms with van der Waals surface area (Å²) in [7, 11) is 2.14. The fourth-order valence-electron chi connectivity index (χ4n) is 2.21. The van der Waals surface area contributed by atoms with Gasteiger partial charge in [0.2, 0.25) is 5.82 Å². The Morgan fingerprint density at radius 2 is 1.86 bits per heavy atom. The minimum Gasteiger partial charge on any atom is -0.470 e. The largest absolute Gasteiger partial charge is 0.470 e. The van der Waals surface area contributed by atoms with Crippen LogP contribution in [-0.2, 0) is 6.61 Å². The van der Waals surface area contributed by atoms with Gasteiger partial charge in [-0.25, -0.2) is 0 Å². The van der Waals surface area contributed by atoms with Crippen LogP contribution in [-0.4, -0.2) is 46.9 Å². The van der Waals surface area contributed by atoms with Gasteiger partial charge in [0.15, 0.2) is 0 Å². The van der Waals surface area contributed by atoms with E-state index in [4.69, 9.17) is 4.74 Å². The number of aromatic nitrogens is 2. The molecule has 0 aliphatic carbocycles. The summed E-state index contributed by atoms with van der Waals surface area (Å²) >= 11 is 4.64. The predicted molar refractivity (Wildman–Crippen MR) is 88.1 cm³/mol. The summed E-state index contributed by atoms with van der Waals surface area (Å²) in [6, 6.07) is 8.11. The zero-order valence-corrected chi connectivity index (χ0v) is 14.2. The van der Waals surface area contributed by atoms with Crippen LogP contribution in [0.5, 0.6) is 5.88 Å². The lowest BCUT2D eigenvalue weighted by molar-refractivity contribution is 0.289. The Balaban J connectivity index is 1.64. The number of nitrogens with zero attached hydrogens (tertiary/aromatic N) is 4. The maximum atomic E-state index is 5.85. The first-order valence-electron chi connectivity index (χ1n) is 6.85. The molecular formula is C14H17BrN4OS. The Morgan fingerprint density at radius 1 is 1.14 bits per heavy atom. The minimum absolute atomic E-state index is 0.513. The van der Waals surface area contributed by atoms with Crippen molar-refractivity contribution in [3.8, 4) is 5.88 Å². The van der Waals surface area contributed by atoms with Gasteiger partial charge in [0.1, 0.15) is 6.61 Å². The Morgan fingerprint density at radius 3 is 2.57 bits per heavy atom. The van der Waals surface area contributed by atoms with Gasteiger partial charge in [-0.1, -0.05) is 28.1 Å². The summed E-state index contributed by atoms with van der Waals surface area (Å²) in [5, 5.41) is 0. The molecule has 1 saturated heterocycles. The topological polar surface area (TPSA) is 41.5 Å². The molecule has 0 amide bonds. The standard InChI is InChI=1S/C14H17BrN4OS/c1-18-6-8-19(9-7-18)13-14(17-21-16-13)20-10-11-2-4-12(15)5-3-11/h2-5H,6-10H2,1H3. The van der Waals surface area contributed by atoms with Crippen LogP contribution in [0.4, 0.5) is 5.82 Å². The third-order valence-electron chi connectivity index (χ3n) is 3.53. The van der Waals surface area contributed by atoms with E-state index in [1.807, 2.05) is 24.3 Å².